The number of likely N-dealkylation sites (tertiary alicyclic amines) is 1. The largest absolute Gasteiger partial charge is 0.494 e. The standard InChI is InChI=1S/C35H50BrN3O5S/c1-9-17-37(23-13-15-24(16-14-23)44-11-3)30(41)26-27-31(42)38(19-12-20-40)29(35(27)21-25(36)28(26)45-35)32(43)39(18-10-2)34(7,8)22-33(4,5)6/h9-10,13-16,25-29,40H,1-2,11-12,17-22H2,3-8H3/t25?,26-,27-,28-,29?,35?/m0/s1. The zero-order valence-electron chi connectivity index (χ0n) is 27.6. The average Bonchev–Trinajstić information content (AvgIpc) is 3.55. The van der Waals surface area contributed by atoms with Crippen LogP contribution < -0.4 is 9.64 Å². The van der Waals surface area contributed by atoms with E-state index in [4.69, 9.17) is 4.74 Å². The number of fused-ring (bicyclic) bond motifs is 1. The number of nitrogens with zero attached hydrogens (tertiary/aromatic N) is 3. The summed E-state index contributed by atoms with van der Waals surface area (Å²) in [5.41, 5.74) is 0.149. The van der Waals surface area contributed by atoms with Gasteiger partial charge in [0, 0.05) is 47.5 Å². The summed E-state index contributed by atoms with van der Waals surface area (Å²) in [5, 5.41) is 9.60. The third kappa shape index (κ3) is 6.75. The lowest BCUT2D eigenvalue weighted by Gasteiger charge is -2.46. The van der Waals surface area contributed by atoms with Crippen molar-refractivity contribution < 1.29 is 24.2 Å². The highest BCUT2D eigenvalue weighted by atomic mass is 79.9. The molecule has 6 atom stereocenters. The molecule has 3 unspecified atom stereocenters. The van der Waals surface area contributed by atoms with Gasteiger partial charge >= 0.3 is 0 Å². The maximum atomic E-state index is 14.9. The number of thioether (sulfide) groups is 1. The molecule has 0 saturated carbocycles. The van der Waals surface area contributed by atoms with Crippen LogP contribution in [0.5, 0.6) is 5.75 Å². The summed E-state index contributed by atoms with van der Waals surface area (Å²) in [6, 6.07) is 6.63. The van der Waals surface area contributed by atoms with E-state index in [0.717, 1.165) is 6.42 Å². The van der Waals surface area contributed by atoms with Crippen molar-refractivity contribution in [3.63, 3.8) is 0 Å². The number of benzene rings is 1. The SMILES string of the molecule is C=CCN(C(=O)[C@H]1[C@H]2C(=O)N(CCCO)C(C(=O)N(CC=C)C(C)(C)CC(C)(C)C)C23CC(Br)[C@@H]1S3)c1ccc(OCC)cc1. The van der Waals surface area contributed by atoms with E-state index < -0.39 is 28.2 Å². The number of hydrogen-bond acceptors (Lipinski definition) is 6. The number of rotatable bonds is 14. The minimum absolute atomic E-state index is 0.0411. The molecule has 3 aliphatic heterocycles. The van der Waals surface area contributed by atoms with Crippen molar-refractivity contribution in [2.24, 2.45) is 17.3 Å². The first-order valence-corrected chi connectivity index (χ1v) is 17.8. The molecular weight excluding hydrogens is 654 g/mol. The summed E-state index contributed by atoms with van der Waals surface area (Å²) in [6.45, 7) is 21.7. The fraction of sp³-hybridized carbons (Fsp3) is 0.629. The van der Waals surface area contributed by atoms with Crippen molar-refractivity contribution in [2.45, 2.75) is 87.2 Å². The highest BCUT2D eigenvalue weighted by Crippen LogP contribution is 2.68. The van der Waals surface area contributed by atoms with Crippen LogP contribution >= 0.6 is 27.7 Å². The molecule has 1 spiro atoms. The molecule has 1 aromatic rings. The number of hydrogen-bond donors (Lipinski definition) is 1. The van der Waals surface area contributed by atoms with Gasteiger partial charge in [0.1, 0.15) is 11.8 Å². The molecular formula is C35H50BrN3O5S. The van der Waals surface area contributed by atoms with Gasteiger partial charge in [-0.25, -0.2) is 0 Å². The zero-order chi connectivity index (χ0) is 33.3. The lowest BCUT2D eigenvalue weighted by molar-refractivity contribution is -0.146. The second-order valence-electron chi connectivity index (χ2n) is 14.2. The van der Waals surface area contributed by atoms with Gasteiger partial charge < -0.3 is 24.5 Å². The van der Waals surface area contributed by atoms with Crippen LogP contribution in [0.2, 0.25) is 0 Å². The lowest BCUT2D eigenvalue weighted by Crippen LogP contribution is -2.60. The second-order valence-corrected chi connectivity index (χ2v) is 16.9. The molecule has 3 amide bonds. The average molecular weight is 705 g/mol. The molecule has 10 heteroatoms. The molecule has 0 aromatic heterocycles. The third-order valence-corrected chi connectivity index (χ3v) is 12.4. The maximum Gasteiger partial charge on any atom is 0.247 e. The van der Waals surface area contributed by atoms with Crippen molar-refractivity contribution in [2.75, 3.05) is 37.7 Å². The Hall–Kier alpha value is -2.30. The smallest absolute Gasteiger partial charge is 0.247 e. The zero-order valence-corrected chi connectivity index (χ0v) is 30.0. The molecule has 4 rings (SSSR count). The van der Waals surface area contributed by atoms with E-state index >= 15 is 0 Å². The lowest BCUT2D eigenvalue weighted by atomic mass is 9.70. The quantitative estimate of drug-likeness (QED) is 0.198. The van der Waals surface area contributed by atoms with Gasteiger partial charge in [0.15, 0.2) is 0 Å². The maximum absolute atomic E-state index is 14.9. The molecule has 3 heterocycles. The fourth-order valence-electron chi connectivity index (χ4n) is 8.00. The van der Waals surface area contributed by atoms with Crippen molar-refractivity contribution in [1.29, 1.82) is 0 Å². The monoisotopic (exact) mass is 703 g/mol. The summed E-state index contributed by atoms with van der Waals surface area (Å²) in [5.74, 6) is -1.01. The Labute approximate surface area is 281 Å². The highest BCUT2D eigenvalue weighted by molar-refractivity contribution is 9.09. The summed E-state index contributed by atoms with van der Waals surface area (Å²) >= 11 is 5.52. The van der Waals surface area contributed by atoms with Gasteiger partial charge in [0.05, 0.1) is 23.2 Å². The van der Waals surface area contributed by atoms with E-state index in [1.807, 2.05) is 36.1 Å². The van der Waals surface area contributed by atoms with Crippen LogP contribution in [0.1, 0.15) is 60.8 Å². The molecule has 3 saturated heterocycles. The Morgan fingerprint density at radius 1 is 1.13 bits per heavy atom. The predicted molar refractivity (Wildman–Crippen MR) is 186 cm³/mol. The number of alkyl halides is 1. The van der Waals surface area contributed by atoms with E-state index in [0.29, 0.717) is 37.4 Å². The van der Waals surface area contributed by atoms with Gasteiger partial charge in [0.2, 0.25) is 17.7 Å². The van der Waals surface area contributed by atoms with Crippen molar-refractivity contribution in [1.82, 2.24) is 9.80 Å². The van der Waals surface area contributed by atoms with Crippen LogP contribution in [0.3, 0.4) is 0 Å². The first kappa shape index (κ1) is 35.6. The summed E-state index contributed by atoms with van der Waals surface area (Å²) in [7, 11) is 0. The van der Waals surface area contributed by atoms with Gasteiger partial charge in [-0.1, -0.05) is 48.9 Å². The highest BCUT2D eigenvalue weighted by Gasteiger charge is 2.76. The van der Waals surface area contributed by atoms with Crippen molar-refractivity contribution >= 4 is 51.1 Å². The minimum atomic E-state index is -0.779. The predicted octanol–water partition coefficient (Wildman–Crippen LogP) is 5.68. The van der Waals surface area contributed by atoms with Gasteiger partial charge in [-0.05, 0) is 69.7 Å². The Kier molecular flexibility index (Phi) is 10.9. The molecule has 1 N–H and O–H groups in total. The Morgan fingerprint density at radius 3 is 2.33 bits per heavy atom. The fourth-order valence-corrected chi connectivity index (χ4v) is 11.6. The number of amides is 3. The van der Waals surface area contributed by atoms with E-state index in [2.05, 4.69) is 63.7 Å². The van der Waals surface area contributed by atoms with Crippen molar-refractivity contribution in [3.8, 4) is 5.75 Å². The summed E-state index contributed by atoms with van der Waals surface area (Å²) in [6.07, 6.45) is 5.14. The normalized spacial score (nSPS) is 27.3. The van der Waals surface area contributed by atoms with Crippen LogP contribution in [0.25, 0.3) is 0 Å². The second kappa shape index (κ2) is 13.8. The van der Waals surface area contributed by atoms with Gasteiger partial charge in [0.25, 0.3) is 0 Å². The number of halogens is 1. The van der Waals surface area contributed by atoms with Crippen LogP contribution in [-0.2, 0) is 14.4 Å². The number of aliphatic hydroxyl groups is 1. The molecule has 0 aliphatic carbocycles. The summed E-state index contributed by atoms with van der Waals surface area (Å²) in [4.78, 5) is 49.2. The van der Waals surface area contributed by atoms with E-state index in [9.17, 15) is 19.5 Å². The van der Waals surface area contributed by atoms with E-state index in [-0.39, 0.29) is 52.9 Å². The van der Waals surface area contributed by atoms with Gasteiger partial charge in [-0.3, -0.25) is 14.4 Å². The van der Waals surface area contributed by atoms with Gasteiger partial charge in [-0.2, -0.15) is 0 Å². The van der Waals surface area contributed by atoms with Crippen LogP contribution in [-0.4, -0.2) is 91.9 Å². The molecule has 0 radical (unpaired) electrons. The minimum Gasteiger partial charge on any atom is -0.494 e. The molecule has 3 aliphatic rings. The van der Waals surface area contributed by atoms with E-state index in [1.54, 1.807) is 33.7 Å². The number of aliphatic hydroxyl groups excluding tert-OH is 1. The molecule has 8 nitrogen and oxygen atoms in total. The Morgan fingerprint density at radius 2 is 1.78 bits per heavy atom. The topological polar surface area (TPSA) is 90.4 Å². The molecule has 3 fully saturated rings. The molecule has 248 valence electrons. The molecule has 1 aromatic carbocycles. The van der Waals surface area contributed by atoms with Crippen LogP contribution in [0, 0.1) is 17.3 Å². The van der Waals surface area contributed by atoms with Crippen LogP contribution in [0.4, 0.5) is 5.69 Å². The summed E-state index contributed by atoms with van der Waals surface area (Å²) < 4.78 is 4.83. The van der Waals surface area contributed by atoms with Crippen molar-refractivity contribution in [3.05, 3.63) is 49.6 Å². The Bertz CT molecular complexity index is 1280. The molecule has 45 heavy (non-hydrogen) atoms. The van der Waals surface area contributed by atoms with Gasteiger partial charge in [-0.15, -0.1) is 24.9 Å². The first-order valence-electron chi connectivity index (χ1n) is 16.0. The number of carbonyl (C=O) groups excluding carboxylic acids is 3. The number of ether oxygens (including phenoxy) is 1. The molecule has 2 bridgehead atoms. The van der Waals surface area contributed by atoms with Crippen LogP contribution in [0.15, 0.2) is 49.6 Å². The third-order valence-electron chi connectivity index (χ3n) is 9.17. The number of anilines is 1. The number of carbonyl (C=O) groups is 3. The first-order chi connectivity index (χ1) is 21.2. The van der Waals surface area contributed by atoms with E-state index in [1.165, 1.54) is 0 Å². The Balaban J connectivity index is 1.77.